The van der Waals surface area contributed by atoms with Crippen molar-refractivity contribution in [2.24, 2.45) is 7.05 Å². The third-order valence-corrected chi connectivity index (χ3v) is 4.48. The van der Waals surface area contributed by atoms with Gasteiger partial charge in [-0.1, -0.05) is 18.2 Å². The lowest BCUT2D eigenvalue weighted by Crippen LogP contribution is -2.46. The van der Waals surface area contributed by atoms with Crippen molar-refractivity contribution >= 4 is 17.7 Å². The summed E-state index contributed by atoms with van der Waals surface area (Å²) in [6.45, 7) is 4.70. The molecule has 132 valence electrons. The van der Waals surface area contributed by atoms with Crippen molar-refractivity contribution in [2.75, 3.05) is 31.1 Å². The molecular weight excluding hydrogens is 318 g/mol. The monoisotopic (exact) mass is 341 g/mol. The van der Waals surface area contributed by atoms with Gasteiger partial charge in [0.25, 0.3) is 5.91 Å². The molecule has 1 fully saturated rings. The summed E-state index contributed by atoms with van der Waals surface area (Å²) in [6, 6.07) is 7.98. The van der Waals surface area contributed by atoms with Crippen LogP contribution in [0.1, 0.15) is 11.3 Å². The van der Waals surface area contributed by atoms with Crippen LogP contribution in [0.4, 0.5) is 5.69 Å². The predicted octanol–water partition coefficient (Wildman–Crippen LogP) is 1.26. The Morgan fingerprint density at radius 1 is 1.28 bits per heavy atom. The molecule has 25 heavy (non-hydrogen) atoms. The number of amides is 1. The number of nitrogens with one attached hydrogen (secondary N) is 1. The number of hydrogen-bond acceptors (Lipinski definition) is 5. The molecule has 7 heteroatoms. The number of aryl methyl sites for hydroxylation is 1. The molecule has 2 heterocycles. The lowest BCUT2D eigenvalue weighted by atomic mass is 10.1. The maximum Gasteiger partial charge on any atom is 0.267 e. The highest BCUT2D eigenvalue weighted by molar-refractivity contribution is 5.91. The maximum atomic E-state index is 11.2. The van der Waals surface area contributed by atoms with E-state index in [4.69, 9.17) is 5.21 Å². The minimum absolute atomic E-state index is 0.532. The summed E-state index contributed by atoms with van der Waals surface area (Å²) in [5.74, 6) is -0.532. The average Bonchev–Trinajstić information content (AvgIpc) is 3.05. The number of nitrogens with zero attached hydrogens (tertiary/aromatic N) is 4. The minimum atomic E-state index is -0.532. The van der Waals surface area contributed by atoms with Crippen molar-refractivity contribution in [3.63, 3.8) is 0 Å². The number of rotatable bonds is 5. The quantitative estimate of drug-likeness (QED) is 0.487. The van der Waals surface area contributed by atoms with Gasteiger partial charge in [0.2, 0.25) is 0 Å². The molecule has 0 radical (unpaired) electrons. The topological polar surface area (TPSA) is 73.6 Å². The number of hydrogen-bond donors (Lipinski definition) is 2. The van der Waals surface area contributed by atoms with Crippen molar-refractivity contribution in [1.29, 1.82) is 0 Å². The van der Waals surface area contributed by atoms with E-state index in [1.807, 2.05) is 37.8 Å². The van der Waals surface area contributed by atoms with Gasteiger partial charge < -0.3 is 9.47 Å². The van der Waals surface area contributed by atoms with Crippen molar-refractivity contribution < 1.29 is 10.0 Å². The molecule has 0 unspecified atom stereocenters. The Labute approximate surface area is 147 Å². The number of hydroxylamine groups is 1. The van der Waals surface area contributed by atoms with Crippen LogP contribution in [-0.4, -0.2) is 51.7 Å². The first-order valence-corrected chi connectivity index (χ1v) is 8.31. The van der Waals surface area contributed by atoms with Crippen molar-refractivity contribution in [1.82, 2.24) is 19.9 Å². The van der Waals surface area contributed by atoms with E-state index in [9.17, 15) is 4.79 Å². The molecule has 1 aliphatic rings. The van der Waals surface area contributed by atoms with E-state index >= 15 is 0 Å². The second-order valence-corrected chi connectivity index (χ2v) is 6.13. The minimum Gasteiger partial charge on any atom is -0.368 e. The van der Waals surface area contributed by atoms with Crippen LogP contribution in [0.3, 0.4) is 0 Å². The SMILES string of the molecule is Cn1cncc1CN1CCN(c2ccccc2/C=C/C(=O)NO)CC1. The van der Waals surface area contributed by atoms with Crippen molar-refractivity contribution in [3.8, 4) is 0 Å². The third kappa shape index (κ3) is 4.26. The lowest BCUT2D eigenvalue weighted by molar-refractivity contribution is -0.124. The van der Waals surface area contributed by atoms with Crippen LogP contribution in [0, 0.1) is 0 Å². The number of benzene rings is 1. The summed E-state index contributed by atoms with van der Waals surface area (Å²) < 4.78 is 2.05. The molecule has 1 amide bonds. The van der Waals surface area contributed by atoms with E-state index in [1.54, 1.807) is 11.6 Å². The second-order valence-electron chi connectivity index (χ2n) is 6.13. The molecule has 0 aliphatic carbocycles. The van der Waals surface area contributed by atoms with Gasteiger partial charge in [-0.3, -0.25) is 14.9 Å². The Bertz CT molecular complexity index is 747. The molecule has 3 rings (SSSR count). The Balaban J connectivity index is 1.64. The fourth-order valence-corrected chi connectivity index (χ4v) is 3.03. The second kappa shape index (κ2) is 7.96. The zero-order chi connectivity index (χ0) is 17.6. The maximum absolute atomic E-state index is 11.2. The average molecular weight is 341 g/mol. The van der Waals surface area contributed by atoms with Gasteiger partial charge in [0.05, 0.1) is 12.0 Å². The van der Waals surface area contributed by atoms with Crippen LogP contribution in [0.25, 0.3) is 6.08 Å². The van der Waals surface area contributed by atoms with E-state index in [1.165, 1.54) is 11.8 Å². The van der Waals surface area contributed by atoms with Crippen molar-refractivity contribution in [2.45, 2.75) is 6.54 Å². The van der Waals surface area contributed by atoms with E-state index in [2.05, 4.69) is 25.4 Å². The van der Waals surface area contributed by atoms with Crippen molar-refractivity contribution in [3.05, 3.63) is 54.1 Å². The zero-order valence-corrected chi connectivity index (χ0v) is 14.3. The summed E-state index contributed by atoms with van der Waals surface area (Å²) in [6.07, 6.45) is 6.80. The van der Waals surface area contributed by atoms with Gasteiger partial charge in [0, 0.05) is 57.7 Å². The summed E-state index contributed by atoms with van der Waals surface area (Å²) in [7, 11) is 2.02. The molecule has 0 saturated carbocycles. The van der Waals surface area contributed by atoms with E-state index in [0.29, 0.717) is 0 Å². The number of carbonyl (C=O) groups is 1. The molecule has 2 N–H and O–H groups in total. The fourth-order valence-electron chi connectivity index (χ4n) is 3.03. The molecule has 0 atom stereocenters. The van der Waals surface area contributed by atoms with Crippen LogP contribution in [0.2, 0.25) is 0 Å². The van der Waals surface area contributed by atoms with E-state index in [-0.39, 0.29) is 0 Å². The highest BCUT2D eigenvalue weighted by Gasteiger charge is 2.19. The normalized spacial score (nSPS) is 15.7. The van der Waals surface area contributed by atoms with Gasteiger partial charge in [-0.05, 0) is 17.7 Å². The van der Waals surface area contributed by atoms with Gasteiger partial charge >= 0.3 is 0 Å². The number of piperazine rings is 1. The van der Waals surface area contributed by atoms with Gasteiger partial charge in [-0.25, -0.2) is 10.5 Å². The lowest BCUT2D eigenvalue weighted by Gasteiger charge is -2.36. The highest BCUT2D eigenvalue weighted by Crippen LogP contribution is 2.23. The van der Waals surface area contributed by atoms with Crippen LogP contribution >= 0.6 is 0 Å². The Morgan fingerprint density at radius 3 is 2.72 bits per heavy atom. The Hall–Kier alpha value is -2.64. The molecular formula is C18H23N5O2. The smallest absolute Gasteiger partial charge is 0.267 e. The first-order valence-electron chi connectivity index (χ1n) is 8.31. The third-order valence-electron chi connectivity index (χ3n) is 4.48. The van der Waals surface area contributed by atoms with Gasteiger partial charge in [0.1, 0.15) is 0 Å². The fraction of sp³-hybridized carbons (Fsp3) is 0.333. The summed E-state index contributed by atoms with van der Waals surface area (Å²) in [5.41, 5.74) is 4.89. The molecule has 2 aromatic rings. The van der Waals surface area contributed by atoms with E-state index < -0.39 is 5.91 Å². The van der Waals surface area contributed by atoms with Gasteiger partial charge in [-0.15, -0.1) is 0 Å². The zero-order valence-electron chi connectivity index (χ0n) is 14.3. The summed E-state index contributed by atoms with van der Waals surface area (Å²) in [5, 5.41) is 8.61. The largest absolute Gasteiger partial charge is 0.368 e. The van der Waals surface area contributed by atoms with E-state index in [0.717, 1.165) is 44.0 Å². The summed E-state index contributed by atoms with van der Waals surface area (Å²) >= 11 is 0. The molecule has 1 aromatic carbocycles. The first kappa shape index (κ1) is 17.2. The molecule has 1 aromatic heterocycles. The number of aromatic nitrogens is 2. The van der Waals surface area contributed by atoms with Crippen LogP contribution in [0.15, 0.2) is 42.9 Å². The Kier molecular flexibility index (Phi) is 5.47. The van der Waals surface area contributed by atoms with Gasteiger partial charge in [-0.2, -0.15) is 0 Å². The van der Waals surface area contributed by atoms with Gasteiger partial charge in [0.15, 0.2) is 0 Å². The molecule has 1 aliphatic heterocycles. The molecule has 0 bridgehead atoms. The predicted molar refractivity (Wildman–Crippen MR) is 96.1 cm³/mol. The number of carbonyl (C=O) groups excluding carboxylic acids is 1. The molecule has 7 nitrogen and oxygen atoms in total. The summed E-state index contributed by atoms with van der Waals surface area (Å²) in [4.78, 5) is 20.1. The number of anilines is 1. The van der Waals surface area contributed by atoms with Crippen LogP contribution < -0.4 is 10.4 Å². The first-order chi connectivity index (χ1) is 12.2. The molecule has 0 spiro atoms. The standard InChI is InChI=1S/C18H23N5O2/c1-21-14-19-12-16(21)13-22-8-10-23(11-9-22)17-5-3-2-4-15(17)6-7-18(24)20-25/h2-7,12,14,25H,8-11,13H2,1H3,(H,20,24)/b7-6+. The highest BCUT2D eigenvalue weighted by atomic mass is 16.5. The number of para-hydroxylation sites is 1. The number of imidazole rings is 1. The molecule has 1 saturated heterocycles. The van der Waals surface area contributed by atoms with Crippen LogP contribution in [0.5, 0.6) is 0 Å². The Morgan fingerprint density at radius 2 is 2.04 bits per heavy atom. The van der Waals surface area contributed by atoms with Crippen LogP contribution in [-0.2, 0) is 18.4 Å².